The number of hydrogen-bond donors (Lipinski definition) is 0. The molecule has 0 spiro atoms. The summed E-state index contributed by atoms with van der Waals surface area (Å²) in [5.41, 5.74) is 1.05. The average Bonchev–Trinajstić information content (AvgIpc) is 2.91. The van der Waals surface area contributed by atoms with Crippen LogP contribution in [0.2, 0.25) is 10.0 Å². The van der Waals surface area contributed by atoms with Gasteiger partial charge < -0.3 is 0 Å². The fourth-order valence-electron chi connectivity index (χ4n) is 4.38. The summed E-state index contributed by atoms with van der Waals surface area (Å²) in [5.74, 6) is -0.567. The standard InChI is InChI=1S/C30H16Cl2O2S2/c31-27-21-15-23(35-17-9-3-1-4-10-17)24(36-18-11-5-2-6-12-18)16-22(21)28(32)26-25(27)29(33)19-13-7-8-14-20(19)30(26)34/h1-16H. The van der Waals surface area contributed by atoms with Crippen LogP contribution in [0.3, 0.4) is 0 Å². The third kappa shape index (κ3) is 3.95. The summed E-state index contributed by atoms with van der Waals surface area (Å²) >= 11 is 17.0. The highest BCUT2D eigenvalue weighted by Crippen LogP contribution is 2.47. The van der Waals surface area contributed by atoms with Gasteiger partial charge in [0.15, 0.2) is 11.6 Å². The maximum Gasteiger partial charge on any atom is 0.196 e. The Morgan fingerprint density at radius 1 is 0.500 bits per heavy atom. The number of carbonyl (C=O) groups excluding carboxylic acids is 2. The summed E-state index contributed by atoms with van der Waals surface area (Å²) in [7, 11) is 0. The normalized spacial score (nSPS) is 12.5. The van der Waals surface area contributed by atoms with Crippen molar-refractivity contribution in [3.05, 3.63) is 129 Å². The van der Waals surface area contributed by atoms with E-state index in [-0.39, 0.29) is 32.7 Å². The maximum atomic E-state index is 13.4. The minimum atomic E-state index is -0.283. The van der Waals surface area contributed by atoms with Gasteiger partial charge in [-0.15, -0.1) is 0 Å². The van der Waals surface area contributed by atoms with Crippen LogP contribution < -0.4 is 0 Å². The van der Waals surface area contributed by atoms with Gasteiger partial charge in [0, 0.05) is 41.5 Å². The van der Waals surface area contributed by atoms with Gasteiger partial charge in [-0.05, 0) is 36.4 Å². The summed E-state index contributed by atoms with van der Waals surface area (Å²) in [6.07, 6.45) is 0. The maximum absolute atomic E-state index is 13.4. The van der Waals surface area contributed by atoms with Gasteiger partial charge >= 0.3 is 0 Å². The smallest absolute Gasteiger partial charge is 0.196 e. The molecule has 2 nitrogen and oxygen atoms in total. The van der Waals surface area contributed by atoms with Crippen molar-refractivity contribution in [2.24, 2.45) is 0 Å². The highest BCUT2D eigenvalue weighted by molar-refractivity contribution is 8.02. The van der Waals surface area contributed by atoms with E-state index in [0.29, 0.717) is 21.9 Å². The number of hydrogen-bond acceptors (Lipinski definition) is 4. The lowest BCUT2D eigenvalue weighted by molar-refractivity contribution is 0.0979. The van der Waals surface area contributed by atoms with E-state index in [4.69, 9.17) is 23.2 Å². The molecular weight excluding hydrogens is 527 g/mol. The Kier molecular flexibility index (Phi) is 6.14. The summed E-state index contributed by atoms with van der Waals surface area (Å²) in [4.78, 5) is 31.0. The van der Waals surface area contributed by atoms with E-state index in [9.17, 15) is 9.59 Å². The zero-order valence-electron chi connectivity index (χ0n) is 18.6. The third-order valence-electron chi connectivity index (χ3n) is 6.06. The minimum Gasteiger partial charge on any atom is -0.289 e. The first-order valence-corrected chi connectivity index (χ1v) is 13.5. The second-order valence-electron chi connectivity index (χ2n) is 8.26. The number of carbonyl (C=O) groups is 2. The zero-order valence-corrected chi connectivity index (χ0v) is 21.8. The monoisotopic (exact) mass is 542 g/mol. The quantitative estimate of drug-likeness (QED) is 0.222. The molecule has 1 aliphatic rings. The van der Waals surface area contributed by atoms with E-state index in [2.05, 4.69) is 0 Å². The Bertz CT molecular complexity index is 1560. The largest absolute Gasteiger partial charge is 0.289 e. The Labute approximate surface area is 226 Å². The van der Waals surface area contributed by atoms with Crippen molar-refractivity contribution < 1.29 is 9.59 Å². The summed E-state index contributed by atoms with van der Waals surface area (Å²) in [6, 6.07) is 30.9. The second kappa shape index (κ2) is 9.45. The molecule has 1 aliphatic carbocycles. The average molecular weight is 543 g/mol. The highest BCUT2D eigenvalue weighted by atomic mass is 35.5. The number of rotatable bonds is 4. The lowest BCUT2D eigenvalue weighted by Crippen LogP contribution is -2.22. The molecular formula is C30H16Cl2O2S2. The Hall–Kier alpha value is -3.02. The van der Waals surface area contributed by atoms with E-state index in [0.717, 1.165) is 19.6 Å². The molecule has 6 rings (SSSR count). The Morgan fingerprint density at radius 3 is 1.25 bits per heavy atom. The van der Waals surface area contributed by atoms with E-state index < -0.39 is 0 Å². The van der Waals surface area contributed by atoms with Crippen molar-refractivity contribution in [3.8, 4) is 0 Å². The molecule has 0 N–H and O–H groups in total. The van der Waals surface area contributed by atoms with Gasteiger partial charge in [-0.25, -0.2) is 0 Å². The number of benzene rings is 5. The molecule has 0 heterocycles. The SMILES string of the molecule is O=C1c2ccccc2C(=O)c2c1c(Cl)c1cc(Sc3ccccc3)c(Sc3ccccc3)cc1c2Cl. The first kappa shape index (κ1) is 23.4. The Balaban J connectivity index is 1.60. The summed E-state index contributed by atoms with van der Waals surface area (Å²) < 4.78 is 0. The van der Waals surface area contributed by atoms with Gasteiger partial charge in [-0.1, -0.05) is 107 Å². The molecule has 5 aromatic rings. The molecule has 6 heteroatoms. The Morgan fingerprint density at radius 2 is 0.861 bits per heavy atom. The van der Waals surface area contributed by atoms with Crippen molar-refractivity contribution >= 4 is 69.1 Å². The number of fused-ring (bicyclic) bond motifs is 3. The van der Waals surface area contributed by atoms with Crippen molar-refractivity contribution in [3.63, 3.8) is 0 Å². The topological polar surface area (TPSA) is 34.1 Å². The molecule has 0 unspecified atom stereocenters. The molecule has 0 amide bonds. The van der Waals surface area contributed by atoms with Crippen LogP contribution in [-0.4, -0.2) is 11.6 Å². The number of ketones is 2. The zero-order chi connectivity index (χ0) is 24.8. The first-order chi connectivity index (χ1) is 17.5. The lowest BCUT2D eigenvalue weighted by Gasteiger charge is -2.22. The molecule has 0 radical (unpaired) electrons. The fourth-order valence-corrected chi connectivity index (χ4v) is 7.07. The predicted molar refractivity (Wildman–Crippen MR) is 148 cm³/mol. The van der Waals surface area contributed by atoms with Crippen molar-refractivity contribution in [2.75, 3.05) is 0 Å². The van der Waals surface area contributed by atoms with Crippen LogP contribution in [0.5, 0.6) is 0 Å². The molecule has 174 valence electrons. The van der Waals surface area contributed by atoms with Gasteiger partial charge in [0.25, 0.3) is 0 Å². The van der Waals surface area contributed by atoms with E-state index in [1.807, 2.05) is 72.8 Å². The summed E-state index contributed by atoms with van der Waals surface area (Å²) in [5, 5.41) is 1.81. The van der Waals surface area contributed by atoms with E-state index in [1.165, 1.54) is 0 Å². The van der Waals surface area contributed by atoms with Gasteiger partial charge in [-0.3, -0.25) is 9.59 Å². The van der Waals surface area contributed by atoms with E-state index >= 15 is 0 Å². The molecule has 36 heavy (non-hydrogen) atoms. The van der Waals surface area contributed by atoms with Gasteiger partial charge in [0.2, 0.25) is 0 Å². The highest BCUT2D eigenvalue weighted by Gasteiger charge is 2.35. The molecule has 0 aliphatic heterocycles. The van der Waals surface area contributed by atoms with Crippen molar-refractivity contribution in [1.82, 2.24) is 0 Å². The second-order valence-corrected chi connectivity index (χ2v) is 11.2. The van der Waals surface area contributed by atoms with Gasteiger partial charge in [0.05, 0.1) is 21.2 Å². The minimum absolute atomic E-state index is 0.178. The first-order valence-electron chi connectivity index (χ1n) is 11.2. The third-order valence-corrected chi connectivity index (χ3v) is 9.10. The van der Waals surface area contributed by atoms with Crippen LogP contribution in [-0.2, 0) is 0 Å². The predicted octanol–water partition coefficient (Wildman–Crippen LogP) is 9.22. The molecule has 0 aromatic heterocycles. The molecule has 5 aromatic carbocycles. The van der Waals surface area contributed by atoms with Crippen LogP contribution in [0.4, 0.5) is 0 Å². The van der Waals surface area contributed by atoms with Crippen LogP contribution in [0.1, 0.15) is 31.8 Å². The van der Waals surface area contributed by atoms with Gasteiger partial charge in [-0.2, -0.15) is 0 Å². The van der Waals surface area contributed by atoms with Crippen molar-refractivity contribution in [2.45, 2.75) is 19.6 Å². The molecule has 0 atom stereocenters. The van der Waals surface area contributed by atoms with Crippen LogP contribution in [0.15, 0.2) is 117 Å². The van der Waals surface area contributed by atoms with E-state index in [1.54, 1.807) is 47.8 Å². The molecule has 0 bridgehead atoms. The molecule has 0 saturated heterocycles. The molecule has 0 fully saturated rings. The van der Waals surface area contributed by atoms with Crippen molar-refractivity contribution in [1.29, 1.82) is 0 Å². The van der Waals surface area contributed by atoms with Crippen LogP contribution in [0.25, 0.3) is 10.8 Å². The van der Waals surface area contributed by atoms with Gasteiger partial charge in [0.1, 0.15) is 0 Å². The number of halogens is 2. The molecule has 0 saturated carbocycles. The summed E-state index contributed by atoms with van der Waals surface area (Å²) in [6.45, 7) is 0. The van der Waals surface area contributed by atoms with Crippen LogP contribution >= 0.6 is 46.7 Å². The fraction of sp³-hybridized carbons (Fsp3) is 0. The van der Waals surface area contributed by atoms with Crippen LogP contribution in [0, 0.1) is 0 Å². The lowest BCUT2D eigenvalue weighted by atomic mass is 9.82.